The Kier molecular flexibility index (Phi) is 5.77. The summed E-state index contributed by atoms with van der Waals surface area (Å²) in [4.78, 5) is 0. The average Bonchev–Trinajstić information content (AvgIpc) is 3.23. The molecule has 9 heteroatoms. The fourth-order valence-corrected chi connectivity index (χ4v) is 3.59. The molecular weight excluding hydrogens is 407 g/mol. The molecule has 0 N–H and O–H groups in total. The molecule has 2 bridgehead atoms. The minimum Gasteiger partial charge on any atom is -0.741 e. The maximum atomic E-state index is 10.7. The van der Waals surface area contributed by atoms with Gasteiger partial charge in [0.2, 0.25) is 5.71 Å². The molecule has 2 aliphatic heterocycles. The van der Waals surface area contributed by atoms with Crippen molar-refractivity contribution in [3.8, 4) is 0 Å². The van der Waals surface area contributed by atoms with Gasteiger partial charge in [0.1, 0.15) is 20.2 Å². The van der Waals surface area contributed by atoms with Crippen LogP contribution in [0.15, 0.2) is 47.6 Å². The predicted molar refractivity (Wildman–Crippen MR) is 101 cm³/mol. The first-order chi connectivity index (χ1) is 13.4. The Hall–Kier alpha value is -1.97. The van der Waals surface area contributed by atoms with Crippen molar-refractivity contribution < 1.29 is 35.5 Å². The maximum Gasteiger partial charge on any atom is 0.485 e. The third-order valence-electron chi connectivity index (χ3n) is 4.98. The lowest BCUT2D eigenvalue weighted by molar-refractivity contribution is -0.463. The van der Waals surface area contributed by atoms with Gasteiger partial charge in [0.15, 0.2) is 10.1 Å². The van der Waals surface area contributed by atoms with E-state index in [0.29, 0.717) is 0 Å². The molecule has 4 rings (SSSR count). The standard InChI is InChI=1S/C19H22NO.CHF3O3S/c1-12-4-6-14(7-5-12)19(20(2)3)18-16-11-10-15(21-16)17(18)13-8-9-13;2-1(3,4)8(5,6)7/h4-7,10-11,13,15-16H,8-9H2,1-3H3;(H,5,6,7)/q+1;/p-1/t15-,16+;/m1./s1. The molecule has 0 amide bonds. The number of fused-ring (bicyclic) bond motifs is 2. The highest BCUT2D eigenvalue weighted by molar-refractivity contribution is 7.86. The minimum absolute atomic E-state index is 0.157. The molecule has 1 fully saturated rings. The van der Waals surface area contributed by atoms with Crippen molar-refractivity contribution in [1.82, 2.24) is 0 Å². The number of hydrogen-bond acceptors (Lipinski definition) is 4. The summed E-state index contributed by atoms with van der Waals surface area (Å²) >= 11 is 0. The molecule has 0 spiro atoms. The molecule has 0 aromatic heterocycles. The van der Waals surface area contributed by atoms with Crippen LogP contribution in [0.1, 0.15) is 24.0 Å². The third kappa shape index (κ3) is 4.62. The van der Waals surface area contributed by atoms with Crippen molar-refractivity contribution >= 4 is 15.8 Å². The predicted octanol–water partition coefficient (Wildman–Crippen LogP) is 3.15. The lowest BCUT2D eigenvalue weighted by Crippen LogP contribution is -2.24. The number of halogens is 3. The van der Waals surface area contributed by atoms with Gasteiger partial charge in [-0.2, -0.15) is 13.2 Å². The fraction of sp³-hybridized carbons (Fsp3) is 0.450. The quantitative estimate of drug-likeness (QED) is 0.243. The average molecular weight is 429 g/mol. The van der Waals surface area contributed by atoms with Crippen molar-refractivity contribution in [2.24, 2.45) is 5.92 Å². The van der Waals surface area contributed by atoms with Gasteiger partial charge in [0.25, 0.3) is 0 Å². The largest absolute Gasteiger partial charge is 0.741 e. The molecule has 2 heterocycles. The smallest absolute Gasteiger partial charge is 0.485 e. The molecule has 1 saturated carbocycles. The molecule has 0 saturated heterocycles. The molecule has 158 valence electrons. The highest BCUT2D eigenvalue weighted by Crippen LogP contribution is 2.48. The summed E-state index contributed by atoms with van der Waals surface area (Å²) in [6.45, 7) is 2.14. The summed E-state index contributed by atoms with van der Waals surface area (Å²) in [6.07, 6.45) is 7.51. The van der Waals surface area contributed by atoms with Crippen LogP contribution in [-0.4, -0.2) is 55.1 Å². The summed E-state index contributed by atoms with van der Waals surface area (Å²) in [7, 11) is -1.81. The van der Waals surface area contributed by atoms with Crippen LogP contribution in [0, 0.1) is 12.8 Å². The van der Waals surface area contributed by atoms with Gasteiger partial charge in [-0.25, -0.2) is 13.0 Å². The highest BCUT2D eigenvalue weighted by atomic mass is 32.2. The number of benzene rings is 1. The Balaban J connectivity index is 0.000000258. The number of rotatable bonds is 3. The van der Waals surface area contributed by atoms with E-state index in [1.54, 1.807) is 5.57 Å². The number of aryl methyl sites for hydroxylation is 1. The van der Waals surface area contributed by atoms with Crippen molar-refractivity contribution in [3.05, 3.63) is 58.7 Å². The fourth-order valence-electron chi connectivity index (χ4n) is 3.59. The second-order valence-corrected chi connectivity index (χ2v) is 8.89. The monoisotopic (exact) mass is 429 g/mol. The zero-order valence-electron chi connectivity index (χ0n) is 16.2. The SMILES string of the molecule is Cc1ccc(C(C2=C(C3CC3)[C@H]3C=C[C@@H]2O3)=[N+](C)C)cc1.O=S(=O)([O-])C(F)(F)F. The van der Waals surface area contributed by atoms with E-state index in [-0.39, 0.29) is 12.2 Å². The van der Waals surface area contributed by atoms with E-state index in [1.807, 2.05) is 0 Å². The Morgan fingerprint density at radius 2 is 1.62 bits per heavy atom. The van der Waals surface area contributed by atoms with E-state index >= 15 is 0 Å². The Morgan fingerprint density at radius 1 is 1.10 bits per heavy atom. The second-order valence-electron chi connectivity index (χ2n) is 7.51. The zero-order valence-corrected chi connectivity index (χ0v) is 17.0. The molecule has 2 atom stereocenters. The molecular formula is C20H22F3NO4S. The summed E-state index contributed by atoms with van der Waals surface area (Å²) in [5.41, 5.74) is 1.26. The van der Waals surface area contributed by atoms with Crippen molar-refractivity contribution in [2.45, 2.75) is 37.5 Å². The molecule has 1 aromatic carbocycles. The van der Waals surface area contributed by atoms with Crippen molar-refractivity contribution in [3.63, 3.8) is 0 Å². The molecule has 1 aliphatic carbocycles. The Labute approximate surface area is 167 Å². The zero-order chi connectivity index (χ0) is 21.6. The topological polar surface area (TPSA) is 69.4 Å². The van der Waals surface area contributed by atoms with Crippen LogP contribution in [0.4, 0.5) is 13.2 Å². The van der Waals surface area contributed by atoms with Gasteiger partial charge < -0.3 is 9.29 Å². The molecule has 1 aromatic rings. The summed E-state index contributed by atoms with van der Waals surface area (Å²) in [6, 6.07) is 8.86. The van der Waals surface area contributed by atoms with Gasteiger partial charge in [-0.3, -0.25) is 0 Å². The second kappa shape index (κ2) is 7.70. The molecule has 29 heavy (non-hydrogen) atoms. The van der Waals surface area contributed by atoms with E-state index in [9.17, 15) is 13.2 Å². The Morgan fingerprint density at radius 3 is 2.07 bits per heavy atom. The lowest BCUT2D eigenvalue weighted by Gasteiger charge is -2.14. The van der Waals surface area contributed by atoms with Crippen molar-refractivity contribution in [1.29, 1.82) is 0 Å². The van der Waals surface area contributed by atoms with Crippen LogP contribution in [-0.2, 0) is 14.9 Å². The number of nitrogens with zero attached hydrogens (tertiary/aromatic N) is 1. The van der Waals surface area contributed by atoms with Crippen LogP contribution in [0.3, 0.4) is 0 Å². The Bertz CT molecular complexity index is 984. The van der Waals surface area contributed by atoms with Gasteiger partial charge in [0, 0.05) is 5.56 Å². The number of hydrogen-bond donors (Lipinski definition) is 0. The van der Waals surface area contributed by atoms with Crippen molar-refractivity contribution in [2.75, 3.05) is 14.1 Å². The van der Waals surface area contributed by atoms with Gasteiger partial charge >= 0.3 is 5.51 Å². The maximum absolute atomic E-state index is 10.7. The minimum atomic E-state index is -6.09. The van der Waals surface area contributed by atoms with Crippen LogP contribution in [0.2, 0.25) is 0 Å². The van der Waals surface area contributed by atoms with Gasteiger partial charge in [0.05, 0.1) is 11.7 Å². The normalized spacial score (nSPS) is 23.1. The number of ether oxygens (including phenoxy) is 1. The van der Waals surface area contributed by atoms with Crippen LogP contribution in [0.5, 0.6) is 0 Å². The van der Waals surface area contributed by atoms with E-state index in [0.717, 1.165) is 5.92 Å². The first-order valence-corrected chi connectivity index (χ1v) is 10.5. The number of alkyl halides is 3. The first kappa shape index (κ1) is 21.7. The van der Waals surface area contributed by atoms with Gasteiger partial charge in [-0.15, -0.1) is 0 Å². The molecule has 5 nitrogen and oxygen atoms in total. The van der Waals surface area contributed by atoms with Gasteiger partial charge in [-0.05, 0) is 43.4 Å². The van der Waals surface area contributed by atoms with Crippen LogP contribution >= 0.6 is 0 Å². The summed E-state index contributed by atoms with van der Waals surface area (Å²) in [5, 5.41) is 0. The molecule has 0 radical (unpaired) electrons. The van der Waals surface area contributed by atoms with Gasteiger partial charge in [-0.1, -0.05) is 29.8 Å². The van der Waals surface area contributed by atoms with E-state index in [4.69, 9.17) is 17.7 Å². The summed E-state index contributed by atoms with van der Waals surface area (Å²) < 4.78 is 67.3. The third-order valence-corrected chi connectivity index (χ3v) is 5.55. The van der Waals surface area contributed by atoms with Crippen LogP contribution < -0.4 is 0 Å². The van der Waals surface area contributed by atoms with E-state index in [1.165, 1.54) is 35.3 Å². The first-order valence-electron chi connectivity index (χ1n) is 9.11. The lowest BCUT2D eigenvalue weighted by atomic mass is 9.87. The van der Waals surface area contributed by atoms with E-state index in [2.05, 4.69) is 62.0 Å². The molecule has 0 unspecified atom stereocenters. The molecule has 3 aliphatic rings. The van der Waals surface area contributed by atoms with Crippen LogP contribution in [0.25, 0.3) is 0 Å². The van der Waals surface area contributed by atoms with E-state index < -0.39 is 15.6 Å². The highest BCUT2D eigenvalue weighted by Gasteiger charge is 2.46. The summed E-state index contributed by atoms with van der Waals surface area (Å²) in [5.74, 6) is 0.750.